The van der Waals surface area contributed by atoms with E-state index in [1.54, 1.807) is 10.4 Å². The SMILES string of the molecule is CC(C)N(C(C)C)[Si](C)(C)C1=[C]([Hf+2][C]2=C([Si](C)(C)N(C(C)C)C(C)C)C=CC2)CC=C1.[Cl-].[Cl-]. The minimum Gasteiger partial charge on any atom is -1.00 e. The van der Waals surface area contributed by atoms with Crippen molar-refractivity contribution in [3.8, 4) is 0 Å². The van der Waals surface area contributed by atoms with Gasteiger partial charge in [-0.1, -0.05) is 0 Å². The number of hydrogen-bond donors (Lipinski definition) is 0. The van der Waals surface area contributed by atoms with Gasteiger partial charge in [-0.3, -0.25) is 0 Å². The summed E-state index contributed by atoms with van der Waals surface area (Å²) in [5.41, 5.74) is 0. The van der Waals surface area contributed by atoms with E-state index in [2.05, 4.69) is 115 Å². The maximum absolute atomic E-state index is 2.85. The Kier molecular flexibility index (Phi) is 13.7. The molecule has 0 atom stereocenters. The Hall–Kier alpha value is 0.764. The Morgan fingerprint density at radius 1 is 0.606 bits per heavy atom. The first-order chi connectivity index (χ1) is 14.2. The molecule has 2 aliphatic rings. The van der Waals surface area contributed by atoms with Crippen LogP contribution in [-0.2, 0) is 22.9 Å². The van der Waals surface area contributed by atoms with Gasteiger partial charge in [-0.2, -0.15) is 0 Å². The van der Waals surface area contributed by atoms with Crippen molar-refractivity contribution in [3.63, 3.8) is 0 Å². The first-order valence-electron chi connectivity index (χ1n) is 12.4. The van der Waals surface area contributed by atoms with Crippen LogP contribution >= 0.6 is 0 Å². The number of halogens is 2. The number of rotatable bonds is 10. The predicted octanol–water partition coefficient (Wildman–Crippen LogP) is 1.23. The van der Waals surface area contributed by atoms with Crippen molar-refractivity contribution in [2.75, 3.05) is 0 Å². The van der Waals surface area contributed by atoms with Gasteiger partial charge in [0.15, 0.2) is 0 Å². The molecule has 2 nitrogen and oxygen atoms in total. The smallest absolute Gasteiger partial charge is 1.00 e. The summed E-state index contributed by atoms with van der Waals surface area (Å²) in [5.74, 6) is 0. The molecule has 188 valence electrons. The molecule has 0 amide bonds. The zero-order valence-corrected chi connectivity index (χ0v) is 30.3. The van der Waals surface area contributed by atoms with Gasteiger partial charge in [-0.15, -0.1) is 0 Å². The molecular weight excluding hydrogens is 646 g/mol. The van der Waals surface area contributed by atoms with Crippen molar-refractivity contribution >= 4 is 16.5 Å². The van der Waals surface area contributed by atoms with Crippen molar-refractivity contribution < 1.29 is 47.7 Å². The fourth-order valence-corrected chi connectivity index (χ4v) is 27.2. The van der Waals surface area contributed by atoms with Crippen molar-refractivity contribution in [1.82, 2.24) is 9.13 Å². The van der Waals surface area contributed by atoms with Crippen molar-refractivity contribution in [2.24, 2.45) is 0 Å². The number of nitrogens with zero attached hydrogens (tertiary/aromatic N) is 2. The van der Waals surface area contributed by atoms with Crippen LogP contribution in [0.4, 0.5) is 0 Å². The molecule has 0 aromatic heterocycles. The molecule has 0 heterocycles. The van der Waals surface area contributed by atoms with E-state index < -0.39 is 39.4 Å². The minimum atomic E-state index is -1.65. The molecular formula is C26H48Cl2HfN2Si2. The predicted molar refractivity (Wildman–Crippen MR) is 141 cm³/mol. The van der Waals surface area contributed by atoms with Gasteiger partial charge >= 0.3 is 208 Å². The monoisotopic (exact) mass is 694 g/mol. The third-order valence-corrected chi connectivity index (χ3v) is 22.6. The van der Waals surface area contributed by atoms with Crippen LogP contribution in [0.5, 0.6) is 0 Å². The Bertz CT molecular complexity index is 701. The molecule has 0 aliphatic heterocycles. The van der Waals surface area contributed by atoms with Gasteiger partial charge in [0.05, 0.1) is 0 Å². The van der Waals surface area contributed by atoms with Crippen molar-refractivity contribution in [1.29, 1.82) is 0 Å². The van der Waals surface area contributed by atoms with Crippen LogP contribution in [0.25, 0.3) is 0 Å². The summed E-state index contributed by atoms with van der Waals surface area (Å²) >= 11 is -1.03. The fraction of sp³-hybridized carbons (Fsp3) is 0.692. The first kappa shape index (κ1) is 33.8. The summed E-state index contributed by atoms with van der Waals surface area (Å²) in [4.78, 5) is 0. The Morgan fingerprint density at radius 2 is 0.879 bits per heavy atom. The van der Waals surface area contributed by atoms with Crippen LogP contribution in [0.1, 0.15) is 68.2 Å². The standard InChI is InChI=1S/2C13H24NSi.2ClH.Hf/c2*1-11(2)14(12(3)4)15(5,6)13-9-7-8-10-13;;;/h2*7,9,11-12H,8H2,1-6H3;2*1H;/q;;;;+2/p-2. The quantitative estimate of drug-likeness (QED) is 0.318. The fourth-order valence-electron chi connectivity index (χ4n) is 6.63. The van der Waals surface area contributed by atoms with Crippen LogP contribution in [0, 0.1) is 0 Å². The maximum Gasteiger partial charge on any atom is -1.00 e. The molecule has 0 unspecified atom stereocenters. The van der Waals surface area contributed by atoms with Gasteiger partial charge in [0.2, 0.25) is 0 Å². The van der Waals surface area contributed by atoms with Gasteiger partial charge in [-0.25, -0.2) is 0 Å². The van der Waals surface area contributed by atoms with Crippen LogP contribution in [0.15, 0.2) is 41.4 Å². The Balaban J connectivity index is 0.00000512. The molecule has 0 bridgehead atoms. The van der Waals surface area contributed by atoms with E-state index in [0.717, 1.165) is 0 Å². The van der Waals surface area contributed by atoms with E-state index in [1.807, 2.05) is 6.66 Å². The van der Waals surface area contributed by atoms with E-state index in [4.69, 9.17) is 0 Å². The first-order valence-corrected chi connectivity index (χ1v) is 21.9. The van der Waals surface area contributed by atoms with Crippen LogP contribution in [0.2, 0.25) is 26.2 Å². The summed E-state index contributed by atoms with van der Waals surface area (Å²) in [7, 11) is -3.31. The van der Waals surface area contributed by atoms with Crippen molar-refractivity contribution in [3.05, 3.63) is 41.4 Å². The minimum absolute atomic E-state index is 0. The van der Waals surface area contributed by atoms with Gasteiger partial charge in [0.25, 0.3) is 0 Å². The van der Waals surface area contributed by atoms with E-state index in [-0.39, 0.29) is 24.8 Å². The second-order valence-corrected chi connectivity index (χ2v) is 25.0. The summed E-state index contributed by atoms with van der Waals surface area (Å²) in [6.07, 6.45) is 12.5. The summed E-state index contributed by atoms with van der Waals surface area (Å²) < 4.78 is 9.48. The summed E-state index contributed by atoms with van der Waals surface area (Å²) in [6.45, 7) is 29.5. The third-order valence-electron chi connectivity index (χ3n) is 7.00. The molecule has 0 spiro atoms. The van der Waals surface area contributed by atoms with Crippen molar-refractivity contribution in [2.45, 2.75) is 119 Å². The maximum atomic E-state index is 2.85. The molecule has 0 N–H and O–H groups in total. The zero-order valence-electron chi connectivity index (χ0n) is 23.2. The average Bonchev–Trinajstić information content (AvgIpc) is 3.22. The molecule has 2 aliphatic carbocycles. The largest absolute Gasteiger partial charge is 1.00 e. The van der Waals surface area contributed by atoms with Gasteiger partial charge < -0.3 is 24.8 Å². The average molecular weight is 694 g/mol. The number of hydrogen-bond acceptors (Lipinski definition) is 2. The molecule has 7 heteroatoms. The second kappa shape index (κ2) is 13.3. The van der Waals surface area contributed by atoms with Gasteiger partial charge in [0.1, 0.15) is 0 Å². The Morgan fingerprint density at radius 3 is 1.12 bits per heavy atom. The van der Waals surface area contributed by atoms with E-state index >= 15 is 0 Å². The third kappa shape index (κ3) is 7.39. The molecule has 2 rings (SSSR count). The molecule has 33 heavy (non-hydrogen) atoms. The van der Waals surface area contributed by atoms with Crippen LogP contribution < -0.4 is 24.8 Å². The number of allylic oxidation sites excluding steroid dienone is 8. The van der Waals surface area contributed by atoms with Gasteiger partial charge in [0, 0.05) is 0 Å². The summed E-state index contributed by atoms with van der Waals surface area (Å²) in [5, 5.41) is 3.56. The molecule has 0 saturated heterocycles. The van der Waals surface area contributed by atoms with E-state index in [0.29, 0.717) is 24.2 Å². The van der Waals surface area contributed by atoms with Crippen LogP contribution in [-0.4, -0.2) is 49.8 Å². The summed E-state index contributed by atoms with van der Waals surface area (Å²) in [6, 6.07) is 2.44. The zero-order chi connectivity index (χ0) is 23.7. The molecule has 0 aromatic carbocycles. The van der Waals surface area contributed by atoms with Crippen LogP contribution in [0.3, 0.4) is 0 Å². The topological polar surface area (TPSA) is 6.48 Å². The van der Waals surface area contributed by atoms with Gasteiger partial charge in [-0.05, 0) is 0 Å². The normalized spacial score (nSPS) is 16.8. The molecule has 0 aromatic rings. The van der Waals surface area contributed by atoms with E-state index in [9.17, 15) is 0 Å². The second-order valence-electron chi connectivity index (χ2n) is 11.4. The van der Waals surface area contributed by atoms with E-state index in [1.165, 1.54) is 12.8 Å². The Labute approximate surface area is 231 Å². The molecule has 0 saturated carbocycles. The molecule has 0 fully saturated rings. The molecule has 0 radical (unpaired) electrons.